The number of carboxylic acid groups (broad SMARTS) is 1. The molecule has 1 aromatic heterocycles. The number of carbonyl (C=O) groups is 1. The molecule has 0 aromatic carbocycles. The first-order valence-electron chi connectivity index (χ1n) is 6.25. The van der Waals surface area contributed by atoms with Crippen LogP contribution in [0.5, 0.6) is 0 Å². The summed E-state index contributed by atoms with van der Waals surface area (Å²) in [7, 11) is 0. The molecule has 1 unspecified atom stereocenters. The lowest BCUT2D eigenvalue weighted by Crippen LogP contribution is -2.24. The summed E-state index contributed by atoms with van der Waals surface area (Å²) >= 11 is 1.76. The van der Waals surface area contributed by atoms with Crippen molar-refractivity contribution in [2.24, 2.45) is 0 Å². The maximum absolute atomic E-state index is 10.4. The molecule has 1 aromatic rings. The Morgan fingerprint density at radius 3 is 3.12 bits per heavy atom. The van der Waals surface area contributed by atoms with Gasteiger partial charge >= 0.3 is 5.97 Å². The summed E-state index contributed by atoms with van der Waals surface area (Å²) in [6.07, 6.45) is 4.60. The zero-order chi connectivity index (χ0) is 12.1. The van der Waals surface area contributed by atoms with Gasteiger partial charge in [-0.05, 0) is 61.2 Å². The third kappa shape index (κ3) is 3.54. The van der Waals surface area contributed by atoms with E-state index in [9.17, 15) is 4.79 Å². The standard InChI is InChI=1S/C13H19NO2S/c15-13(16)5-1-2-7-14-8-3-4-12(14)11-6-9-17-10-11/h6,9-10,12H,1-5,7-8H2,(H,15,16). The van der Waals surface area contributed by atoms with Crippen LogP contribution in [0.1, 0.15) is 43.7 Å². The number of hydrogen-bond acceptors (Lipinski definition) is 3. The van der Waals surface area contributed by atoms with Crippen LogP contribution >= 0.6 is 11.3 Å². The maximum atomic E-state index is 10.4. The maximum Gasteiger partial charge on any atom is 0.303 e. The third-order valence-corrected chi connectivity index (χ3v) is 4.08. The van der Waals surface area contributed by atoms with Gasteiger partial charge in [0.05, 0.1) is 0 Å². The smallest absolute Gasteiger partial charge is 0.303 e. The predicted octanol–water partition coefficient (Wildman–Crippen LogP) is 3.14. The second kappa shape index (κ2) is 6.17. The van der Waals surface area contributed by atoms with Gasteiger partial charge in [-0.25, -0.2) is 0 Å². The van der Waals surface area contributed by atoms with Gasteiger partial charge < -0.3 is 5.11 Å². The van der Waals surface area contributed by atoms with E-state index >= 15 is 0 Å². The minimum Gasteiger partial charge on any atom is -0.481 e. The van der Waals surface area contributed by atoms with Gasteiger partial charge in [0.15, 0.2) is 0 Å². The Balaban J connectivity index is 1.78. The molecule has 1 atom stereocenters. The molecular weight excluding hydrogens is 234 g/mol. The van der Waals surface area contributed by atoms with Crippen molar-refractivity contribution in [1.29, 1.82) is 0 Å². The zero-order valence-electron chi connectivity index (χ0n) is 9.97. The van der Waals surface area contributed by atoms with E-state index in [0.717, 1.165) is 25.9 Å². The van der Waals surface area contributed by atoms with E-state index < -0.39 is 5.97 Å². The molecule has 0 bridgehead atoms. The molecule has 0 amide bonds. The molecule has 1 N–H and O–H groups in total. The van der Waals surface area contributed by atoms with Crippen molar-refractivity contribution in [2.75, 3.05) is 13.1 Å². The fourth-order valence-corrected chi connectivity index (χ4v) is 3.23. The van der Waals surface area contributed by atoms with E-state index in [1.807, 2.05) is 0 Å². The van der Waals surface area contributed by atoms with Gasteiger partial charge in [0, 0.05) is 12.5 Å². The molecule has 17 heavy (non-hydrogen) atoms. The Morgan fingerprint density at radius 1 is 1.53 bits per heavy atom. The summed E-state index contributed by atoms with van der Waals surface area (Å²) in [4.78, 5) is 12.9. The van der Waals surface area contributed by atoms with Crippen molar-refractivity contribution in [1.82, 2.24) is 4.90 Å². The number of thiophene rings is 1. The number of nitrogens with zero attached hydrogens (tertiary/aromatic N) is 1. The van der Waals surface area contributed by atoms with Gasteiger partial charge in [0.1, 0.15) is 0 Å². The molecule has 0 spiro atoms. The minimum absolute atomic E-state index is 0.303. The van der Waals surface area contributed by atoms with Gasteiger partial charge in [-0.2, -0.15) is 11.3 Å². The monoisotopic (exact) mass is 253 g/mol. The summed E-state index contributed by atoms with van der Waals surface area (Å²) in [6.45, 7) is 2.20. The molecule has 4 heteroatoms. The summed E-state index contributed by atoms with van der Waals surface area (Å²) < 4.78 is 0. The van der Waals surface area contributed by atoms with Crippen molar-refractivity contribution in [3.05, 3.63) is 22.4 Å². The van der Waals surface area contributed by atoms with Gasteiger partial charge in [0.25, 0.3) is 0 Å². The van der Waals surface area contributed by atoms with Crippen LogP contribution in [-0.2, 0) is 4.79 Å². The van der Waals surface area contributed by atoms with Gasteiger partial charge in [0.2, 0.25) is 0 Å². The van der Waals surface area contributed by atoms with Crippen LogP contribution in [-0.4, -0.2) is 29.1 Å². The first-order chi connectivity index (χ1) is 8.27. The Labute approximate surface area is 106 Å². The van der Waals surface area contributed by atoms with E-state index in [-0.39, 0.29) is 0 Å². The molecule has 1 fully saturated rings. The Bertz CT molecular complexity index is 350. The summed E-state index contributed by atoms with van der Waals surface area (Å²) in [5.74, 6) is -0.680. The number of unbranched alkanes of at least 4 members (excludes halogenated alkanes) is 1. The first-order valence-corrected chi connectivity index (χ1v) is 7.19. The summed E-state index contributed by atoms with van der Waals surface area (Å²) in [5, 5.41) is 13.0. The lowest BCUT2D eigenvalue weighted by molar-refractivity contribution is -0.137. The largest absolute Gasteiger partial charge is 0.481 e. The molecule has 1 aliphatic heterocycles. The average molecular weight is 253 g/mol. The van der Waals surface area contributed by atoms with Crippen molar-refractivity contribution in [3.63, 3.8) is 0 Å². The first kappa shape index (κ1) is 12.6. The number of likely N-dealkylation sites (tertiary alicyclic amines) is 1. The Kier molecular flexibility index (Phi) is 4.57. The van der Waals surface area contributed by atoms with E-state index in [0.29, 0.717) is 12.5 Å². The molecule has 2 rings (SSSR count). The molecule has 0 aliphatic carbocycles. The van der Waals surface area contributed by atoms with E-state index in [2.05, 4.69) is 21.7 Å². The second-order valence-electron chi connectivity index (χ2n) is 4.60. The number of hydrogen-bond donors (Lipinski definition) is 1. The molecule has 1 saturated heterocycles. The lowest BCUT2D eigenvalue weighted by atomic mass is 10.1. The Morgan fingerprint density at radius 2 is 2.41 bits per heavy atom. The summed E-state index contributed by atoms with van der Waals surface area (Å²) in [6, 6.07) is 2.79. The van der Waals surface area contributed by atoms with Crippen molar-refractivity contribution in [3.8, 4) is 0 Å². The second-order valence-corrected chi connectivity index (χ2v) is 5.38. The van der Waals surface area contributed by atoms with Crippen molar-refractivity contribution >= 4 is 17.3 Å². The van der Waals surface area contributed by atoms with Crippen LogP contribution in [0.15, 0.2) is 16.8 Å². The van der Waals surface area contributed by atoms with E-state index in [1.54, 1.807) is 11.3 Å². The van der Waals surface area contributed by atoms with Crippen LogP contribution in [0, 0.1) is 0 Å². The fraction of sp³-hybridized carbons (Fsp3) is 0.615. The van der Waals surface area contributed by atoms with Crippen molar-refractivity contribution in [2.45, 2.75) is 38.1 Å². The minimum atomic E-state index is -0.680. The highest BCUT2D eigenvalue weighted by Gasteiger charge is 2.25. The normalized spacial score (nSPS) is 20.8. The molecule has 3 nitrogen and oxygen atoms in total. The van der Waals surface area contributed by atoms with Crippen LogP contribution in [0.2, 0.25) is 0 Å². The van der Waals surface area contributed by atoms with Gasteiger partial charge in [-0.15, -0.1) is 0 Å². The SMILES string of the molecule is O=C(O)CCCCN1CCCC1c1ccsc1. The van der Waals surface area contributed by atoms with E-state index in [1.165, 1.54) is 18.4 Å². The number of carboxylic acids is 1. The fourth-order valence-electron chi connectivity index (χ4n) is 2.53. The van der Waals surface area contributed by atoms with Gasteiger partial charge in [-0.1, -0.05) is 0 Å². The highest BCUT2D eigenvalue weighted by Crippen LogP contribution is 2.33. The van der Waals surface area contributed by atoms with Crippen LogP contribution in [0.4, 0.5) is 0 Å². The zero-order valence-corrected chi connectivity index (χ0v) is 10.8. The highest BCUT2D eigenvalue weighted by molar-refractivity contribution is 7.07. The molecule has 94 valence electrons. The number of rotatable bonds is 6. The predicted molar refractivity (Wildman–Crippen MR) is 69.4 cm³/mol. The molecule has 0 saturated carbocycles. The van der Waals surface area contributed by atoms with Crippen LogP contribution < -0.4 is 0 Å². The summed E-state index contributed by atoms with van der Waals surface area (Å²) in [5.41, 5.74) is 1.44. The molecule has 0 radical (unpaired) electrons. The lowest BCUT2D eigenvalue weighted by Gasteiger charge is -2.23. The Hall–Kier alpha value is -0.870. The van der Waals surface area contributed by atoms with Crippen molar-refractivity contribution < 1.29 is 9.90 Å². The van der Waals surface area contributed by atoms with E-state index in [4.69, 9.17) is 5.11 Å². The van der Waals surface area contributed by atoms with Gasteiger partial charge in [-0.3, -0.25) is 9.69 Å². The molecular formula is C13H19NO2S. The van der Waals surface area contributed by atoms with Crippen LogP contribution in [0.3, 0.4) is 0 Å². The molecule has 1 aliphatic rings. The molecule has 2 heterocycles. The van der Waals surface area contributed by atoms with Crippen LogP contribution in [0.25, 0.3) is 0 Å². The highest BCUT2D eigenvalue weighted by atomic mass is 32.1. The average Bonchev–Trinajstić information content (AvgIpc) is 2.94. The third-order valence-electron chi connectivity index (χ3n) is 3.38. The quantitative estimate of drug-likeness (QED) is 0.792. The topological polar surface area (TPSA) is 40.5 Å². The number of aliphatic carboxylic acids is 1.